The van der Waals surface area contributed by atoms with Crippen LogP contribution in [0, 0.1) is 0 Å². The van der Waals surface area contributed by atoms with Crippen LogP contribution in [0.2, 0.25) is 0 Å². The van der Waals surface area contributed by atoms with Crippen molar-refractivity contribution < 1.29 is 9.47 Å². The van der Waals surface area contributed by atoms with E-state index in [0.717, 1.165) is 55.8 Å². The third kappa shape index (κ3) is 3.08. The number of hydrogen-bond donors (Lipinski definition) is 1. The van der Waals surface area contributed by atoms with Crippen molar-refractivity contribution in [3.05, 3.63) is 23.8 Å². The zero-order valence-electron chi connectivity index (χ0n) is 14.0. The van der Waals surface area contributed by atoms with Crippen molar-refractivity contribution >= 4 is 0 Å². The molecule has 0 saturated carbocycles. The number of hydrogen-bond acceptors (Lipinski definition) is 4. The largest absolute Gasteiger partial charge is 0.491 e. The highest BCUT2D eigenvalue weighted by molar-refractivity contribution is 5.44. The van der Waals surface area contributed by atoms with Crippen molar-refractivity contribution in [2.75, 3.05) is 20.1 Å². The van der Waals surface area contributed by atoms with Crippen molar-refractivity contribution in [1.29, 1.82) is 0 Å². The van der Waals surface area contributed by atoms with E-state index in [1.165, 1.54) is 0 Å². The van der Waals surface area contributed by atoms with Crippen LogP contribution in [0.25, 0.3) is 0 Å². The quantitative estimate of drug-likeness (QED) is 0.932. The topological polar surface area (TPSA) is 47.7 Å². The van der Waals surface area contributed by atoms with E-state index in [1.807, 2.05) is 12.1 Å². The molecule has 2 heterocycles. The standard InChI is InChI=1S/C18H28N2O2/c1-4-13(2)21-14-5-6-15-16(19)12-18(22-17(15)11-14)7-9-20(3)10-8-18/h5-6,11,13,16H,4,7-10,12,19H2,1-3H3. The van der Waals surface area contributed by atoms with Crippen LogP contribution in [0.4, 0.5) is 0 Å². The summed E-state index contributed by atoms with van der Waals surface area (Å²) in [4.78, 5) is 2.36. The van der Waals surface area contributed by atoms with Crippen molar-refractivity contribution in [3.63, 3.8) is 0 Å². The van der Waals surface area contributed by atoms with Gasteiger partial charge in [-0.25, -0.2) is 0 Å². The maximum atomic E-state index is 6.45. The lowest BCUT2D eigenvalue weighted by Crippen LogP contribution is -2.50. The molecule has 1 spiro atoms. The number of piperidine rings is 1. The Labute approximate surface area is 133 Å². The Kier molecular flexibility index (Phi) is 4.33. The zero-order chi connectivity index (χ0) is 15.7. The van der Waals surface area contributed by atoms with Crippen molar-refractivity contribution in [3.8, 4) is 11.5 Å². The molecule has 1 aromatic carbocycles. The van der Waals surface area contributed by atoms with Crippen LogP contribution in [0.5, 0.6) is 11.5 Å². The molecular formula is C18H28N2O2. The van der Waals surface area contributed by atoms with E-state index in [-0.39, 0.29) is 17.7 Å². The summed E-state index contributed by atoms with van der Waals surface area (Å²) in [5.74, 6) is 1.80. The molecule has 2 aliphatic rings. The van der Waals surface area contributed by atoms with E-state index in [0.29, 0.717) is 0 Å². The fraction of sp³-hybridized carbons (Fsp3) is 0.667. The number of nitrogens with zero attached hydrogens (tertiary/aromatic N) is 1. The average molecular weight is 304 g/mol. The zero-order valence-corrected chi connectivity index (χ0v) is 14.0. The number of rotatable bonds is 3. The summed E-state index contributed by atoms with van der Waals surface area (Å²) >= 11 is 0. The van der Waals surface area contributed by atoms with E-state index in [1.54, 1.807) is 0 Å². The second kappa shape index (κ2) is 6.09. The normalized spacial score (nSPS) is 25.4. The van der Waals surface area contributed by atoms with E-state index in [2.05, 4.69) is 31.9 Å². The van der Waals surface area contributed by atoms with Crippen LogP contribution in [0.1, 0.15) is 51.1 Å². The van der Waals surface area contributed by atoms with Gasteiger partial charge in [-0.15, -0.1) is 0 Å². The third-order valence-corrected chi connectivity index (χ3v) is 5.11. The lowest BCUT2D eigenvalue weighted by Gasteiger charge is -2.45. The molecule has 0 aromatic heterocycles. The highest BCUT2D eigenvalue weighted by Crippen LogP contribution is 2.44. The van der Waals surface area contributed by atoms with Gasteiger partial charge in [-0.3, -0.25) is 0 Å². The van der Waals surface area contributed by atoms with E-state index in [9.17, 15) is 0 Å². The van der Waals surface area contributed by atoms with Gasteiger partial charge in [0.15, 0.2) is 0 Å². The maximum absolute atomic E-state index is 6.45. The van der Waals surface area contributed by atoms with Gasteiger partial charge in [0.1, 0.15) is 17.1 Å². The smallest absolute Gasteiger partial charge is 0.128 e. The summed E-state index contributed by atoms with van der Waals surface area (Å²) < 4.78 is 12.4. The van der Waals surface area contributed by atoms with Crippen LogP contribution in [0.3, 0.4) is 0 Å². The Hall–Kier alpha value is -1.26. The minimum absolute atomic E-state index is 0.0600. The summed E-state index contributed by atoms with van der Waals surface area (Å²) in [6.07, 6.45) is 4.22. The molecule has 0 amide bonds. The number of ether oxygens (including phenoxy) is 2. The molecule has 4 heteroatoms. The average Bonchev–Trinajstić information content (AvgIpc) is 2.50. The summed E-state index contributed by atoms with van der Waals surface area (Å²) in [6, 6.07) is 6.17. The predicted molar refractivity (Wildman–Crippen MR) is 88.5 cm³/mol. The summed E-state index contributed by atoms with van der Waals surface area (Å²) in [5.41, 5.74) is 7.45. The Morgan fingerprint density at radius 2 is 2.14 bits per heavy atom. The molecular weight excluding hydrogens is 276 g/mol. The molecule has 2 unspecified atom stereocenters. The summed E-state index contributed by atoms with van der Waals surface area (Å²) in [6.45, 7) is 6.36. The maximum Gasteiger partial charge on any atom is 0.128 e. The molecule has 1 fully saturated rings. The first-order chi connectivity index (χ1) is 10.5. The molecule has 2 atom stereocenters. The Morgan fingerprint density at radius 1 is 1.41 bits per heavy atom. The van der Waals surface area contributed by atoms with Gasteiger partial charge in [0.05, 0.1) is 6.10 Å². The van der Waals surface area contributed by atoms with Crippen LogP contribution in [0.15, 0.2) is 18.2 Å². The highest BCUT2D eigenvalue weighted by atomic mass is 16.5. The molecule has 1 aromatic rings. The van der Waals surface area contributed by atoms with Crippen molar-refractivity contribution in [2.45, 2.75) is 57.3 Å². The highest BCUT2D eigenvalue weighted by Gasteiger charge is 2.41. The van der Waals surface area contributed by atoms with Crippen molar-refractivity contribution in [2.24, 2.45) is 5.73 Å². The van der Waals surface area contributed by atoms with Gasteiger partial charge in [0.2, 0.25) is 0 Å². The lowest BCUT2D eigenvalue weighted by molar-refractivity contribution is -0.0166. The molecule has 122 valence electrons. The molecule has 22 heavy (non-hydrogen) atoms. The van der Waals surface area contributed by atoms with Gasteiger partial charge in [0, 0.05) is 37.2 Å². The Morgan fingerprint density at radius 3 is 2.82 bits per heavy atom. The first kappa shape index (κ1) is 15.6. The fourth-order valence-electron chi connectivity index (χ4n) is 3.42. The molecule has 0 radical (unpaired) electrons. The first-order valence-electron chi connectivity index (χ1n) is 8.45. The molecule has 3 rings (SSSR count). The van der Waals surface area contributed by atoms with Crippen LogP contribution in [-0.4, -0.2) is 36.7 Å². The third-order valence-electron chi connectivity index (χ3n) is 5.11. The van der Waals surface area contributed by atoms with Gasteiger partial charge >= 0.3 is 0 Å². The minimum atomic E-state index is -0.0894. The van der Waals surface area contributed by atoms with Gasteiger partial charge in [-0.1, -0.05) is 13.0 Å². The Bertz CT molecular complexity index is 524. The van der Waals surface area contributed by atoms with Crippen LogP contribution in [-0.2, 0) is 0 Å². The minimum Gasteiger partial charge on any atom is -0.491 e. The molecule has 2 N–H and O–H groups in total. The fourth-order valence-corrected chi connectivity index (χ4v) is 3.42. The second-order valence-electron chi connectivity index (χ2n) is 6.94. The molecule has 0 aliphatic carbocycles. The van der Waals surface area contributed by atoms with Crippen LogP contribution >= 0.6 is 0 Å². The monoisotopic (exact) mass is 304 g/mol. The van der Waals surface area contributed by atoms with E-state index < -0.39 is 0 Å². The Balaban J connectivity index is 1.82. The predicted octanol–water partition coefficient (Wildman–Crippen LogP) is 3.11. The first-order valence-corrected chi connectivity index (χ1v) is 8.45. The number of nitrogens with two attached hydrogens (primary N) is 1. The number of benzene rings is 1. The molecule has 1 saturated heterocycles. The van der Waals surface area contributed by atoms with Gasteiger partial charge < -0.3 is 20.1 Å². The van der Waals surface area contributed by atoms with Gasteiger partial charge in [-0.05, 0) is 39.3 Å². The van der Waals surface area contributed by atoms with E-state index >= 15 is 0 Å². The SMILES string of the molecule is CCC(C)Oc1ccc2c(c1)OC1(CCN(C)CC1)CC2N. The second-order valence-corrected chi connectivity index (χ2v) is 6.94. The van der Waals surface area contributed by atoms with Crippen LogP contribution < -0.4 is 15.2 Å². The molecule has 4 nitrogen and oxygen atoms in total. The van der Waals surface area contributed by atoms with Gasteiger partial charge in [-0.2, -0.15) is 0 Å². The lowest BCUT2D eigenvalue weighted by atomic mass is 9.81. The van der Waals surface area contributed by atoms with Gasteiger partial charge in [0.25, 0.3) is 0 Å². The number of fused-ring (bicyclic) bond motifs is 1. The van der Waals surface area contributed by atoms with Crippen molar-refractivity contribution in [1.82, 2.24) is 4.90 Å². The summed E-state index contributed by atoms with van der Waals surface area (Å²) in [5, 5.41) is 0. The van der Waals surface area contributed by atoms with E-state index in [4.69, 9.17) is 15.2 Å². The summed E-state index contributed by atoms with van der Waals surface area (Å²) in [7, 11) is 2.17. The molecule has 0 bridgehead atoms. The molecule has 2 aliphatic heterocycles. The number of likely N-dealkylation sites (tertiary alicyclic amines) is 1.